The topological polar surface area (TPSA) is 94.2 Å². The SMILES string of the molecule is Cc1ccc([N+](=O)[O-])cc1NC(=O)Cn1cc(C(F)(F)F)ccc1=O. The predicted octanol–water partition coefficient (Wildman–Crippen LogP) is 2.72. The fraction of sp³-hybridized carbons (Fsp3) is 0.200. The number of carbonyl (C=O) groups is 1. The zero-order valence-electron chi connectivity index (χ0n) is 12.8. The van der Waals surface area contributed by atoms with Crippen molar-refractivity contribution < 1.29 is 22.9 Å². The van der Waals surface area contributed by atoms with Gasteiger partial charge in [-0.15, -0.1) is 0 Å². The summed E-state index contributed by atoms with van der Waals surface area (Å²) in [5.41, 5.74) is -1.43. The van der Waals surface area contributed by atoms with E-state index in [1.807, 2.05) is 0 Å². The number of pyridine rings is 1. The molecule has 1 aromatic heterocycles. The van der Waals surface area contributed by atoms with Crippen LogP contribution >= 0.6 is 0 Å². The van der Waals surface area contributed by atoms with Crippen LogP contribution in [-0.2, 0) is 17.5 Å². The fourth-order valence-electron chi connectivity index (χ4n) is 2.03. The Balaban J connectivity index is 2.23. The number of nitrogens with one attached hydrogen (secondary N) is 1. The number of alkyl halides is 3. The van der Waals surface area contributed by atoms with Gasteiger partial charge in [-0.2, -0.15) is 13.2 Å². The molecular formula is C15H12F3N3O4. The molecule has 1 heterocycles. The number of nitro benzene ring substituents is 1. The van der Waals surface area contributed by atoms with E-state index in [1.54, 1.807) is 6.92 Å². The second-order valence-electron chi connectivity index (χ2n) is 5.19. The van der Waals surface area contributed by atoms with Crippen molar-refractivity contribution in [3.05, 3.63) is 68.1 Å². The summed E-state index contributed by atoms with van der Waals surface area (Å²) >= 11 is 0. The summed E-state index contributed by atoms with van der Waals surface area (Å²) in [7, 11) is 0. The zero-order chi connectivity index (χ0) is 18.8. The van der Waals surface area contributed by atoms with Gasteiger partial charge in [0.1, 0.15) is 6.54 Å². The average molecular weight is 355 g/mol. The first-order chi connectivity index (χ1) is 11.6. The lowest BCUT2D eigenvalue weighted by Crippen LogP contribution is -2.28. The van der Waals surface area contributed by atoms with Crippen LogP contribution in [0.2, 0.25) is 0 Å². The van der Waals surface area contributed by atoms with Crippen LogP contribution in [0.5, 0.6) is 0 Å². The number of hydrogen-bond donors (Lipinski definition) is 1. The number of non-ortho nitro benzene ring substituents is 1. The summed E-state index contributed by atoms with van der Waals surface area (Å²) in [6.45, 7) is 0.931. The number of amides is 1. The number of benzene rings is 1. The van der Waals surface area contributed by atoms with Crippen molar-refractivity contribution >= 4 is 17.3 Å². The van der Waals surface area contributed by atoms with Gasteiger partial charge in [-0.25, -0.2) is 0 Å². The smallest absolute Gasteiger partial charge is 0.324 e. The normalized spacial score (nSPS) is 11.2. The average Bonchev–Trinajstić information content (AvgIpc) is 2.50. The van der Waals surface area contributed by atoms with Crippen LogP contribution in [-0.4, -0.2) is 15.4 Å². The van der Waals surface area contributed by atoms with Gasteiger partial charge in [0.2, 0.25) is 5.91 Å². The van der Waals surface area contributed by atoms with Gasteiger partial charge < -0.3 is 9.88 Å². The van der Waals surface area contributed by atoms with Gasteiger partial charge in [-0.05, 0) is 18.6 Å². The van der Waals surface area contributed by atoms with E-state index < -0.39 is 34.7 Å². The lowest BCUT2D eigenvalue weighted by Gasteiger charge is -2.12. The molecule has 0 fully saturated rings. The molecule has 7 nitrogen and oxygen atoms in total. The molecule has 0 atom stereocenters. The summed E-state index contributed by atoms with van der Waals surface area (Å²) in [4.78, 5) is 33.7. The second kappa shape index (κ2) is 6.75. The van der Waals surface area contributed by atoms with Crippen molar-refractivity contribution in [2.24, 2.45) is 0 Å². The Morgan fingerprint density at radius 1 is 1.28 bits per heavy atom. The van der Waals surface area contributed by atoms with Crippen LogP contribution in [0.3, 0.4) is 0 Å². The monoisotopic (exact) mass is 355 g/mol. The molecule has 25 heavy (non-hydrogen) atoms. The molecule has 0 bridgehead atoms. The van der Waals surface area contributed by atoms with E-state index in [0.29, 0.717) is 28.5 Å². The molecule has 10 heteroatoms. The van der Waals surface area contributed by atoms with Gasteiger partial charge in [0.25, 0.3) is 11.2 Å². The van der Waals surface area contributed by atoms with Crippen molar-refractivity contribution in [1.82, 2.24) is 4.57 Å². The van der Waals surface area contributed by atoms with E-state index in [9.17, 15) is 32.9 Å². The molecule has 0 aliphatic heterocycles. The van der Waals surface area contributed by atoms with Gasteiger partial charge >= 0.3 is 6.18 Å². The number of rotatable bonds is 4. The molecule has 0 aliphatic rings. The minimum atomic E-state index is -4.65. The van der Waals surface area contributed by atoms with E-state index in [-0.39, 0.29) is 11.4 Å². The van der Waals surface area contributed by atoms with E-state index in [1.165, 1.54) is 12.1 Å². The van der Waals surface area contributed by atoms with Crippen molar-refractivity contribution in [3.8, 4) is 0 Å². The minimum absolute atomic E-state index is 0.138. The standard InChI is InChI=1S/C15H12F3N3O4/c1-9-2-4-11(21(24)25)6-12(9)19-13(22)8-20-7-10(15(16,17)18)3-5-14(20)23/h2-7H,8H2,1H3,(H,19,22). The highest BCUT2D eigenvalue weighted by molar-refractivity contribution is 5.91. The van der Waals surface area contributed by atoms with Crippen LogP contribution in [0.15, 0.2) is 41.3 Å². The number of hydrogen-bond acceptors (Lipinski definition) is 4. The number of aryl methyl sites for hydroxylation is 1. The highest BCUT2D eigenvalue weighted by atomic mass is 19.4. The number of halogens is 3. The van der Waals surface area contributed by atoms with Gasteiger partial charge in [0, 0.05) is 24.4 Å². The van der Waals surface area contributed by atoms with Crippen molar-refractivity contribution in [1.29, 1.82) is 0 Å². The largest absolute Gasteiger partial charge is 0.417 e. The third kappa shape index (κ3) is 4.43. The highest BCUT2D eigenvalue weighted by Crippen LogP contribution is 2.28. The number of anilines is 1. The van der Waals surface area contributed by atoms with Crippen LogP contribution in [0.4, 0.5) is 24.5 Å². The predicted molar refractivity (Wildman–Crippen MR) is 82.2 cm³/mol. The van der Waals surface area contributed by atoms with Crippen molar-refractivity contribution in [3.63, 3.8) is 0 Å². The first kappa shape index (κ1) is 18.2. The number of nitro groups is 1. The van der Waals surface area contributed by atoms with Crippen molar-refractivity contribution in [2.75, 3.05) is 5.32 Å². The number of carbonyl (C=O) groups excluding carboxylic acids is 1. The Labute approximate surface area is 138 Å². The maximum absolute atomic E-state index is 12.7. The molecule has 1 aromatic carbocycles. The molecule has 2 rings (SSSR count). The first-order valence-electron chi connectivity index (χ1n) is 6.90. The van der Waals surface area contributed by atoms with Gasteiger partial charge in [-0.3, -0.25) is 19.7 Å². The van der Waals surface area contributed by atoms with Gasteiger partial charge in [0.05, 0.1) is 16.2 Å². The van der Waals surface area contributed by atoms with E-state index >= 15 is 0 Å². The number of nitrogens with zero attached hydrogens (tertiary/aromatic N) is 2. The summed E-state index contributed by atoms with van der Waals surface area (Å²) in [5, 5.41) is 13.1. The van der Waals surface area contributed by atoms with Crippen LogP contribution in [0.25, 0.3) is 0 Å². The third-order valence-corrected chi connectivity index (χ3v) is 3.33. The van der Waals surface area contributed by atoms with Gasteiger partial charge in [0.15, 0.2) is 0 Å². The Morgan fingerprint density at radius 2 is 1.96 bits per heavy atom. The first-order valence-corrected chi connectivity index (χ1v) is 6.90. The van der Waals surface area contributed by atoms with E-state index in [0.717, 1.165) is 6.07 Å². The number of aromatic nitrogens is 1. The Kier molecular flexibility index (Phi) is 4.91. The lowest BCUT2D eigenvalue weighted by molar-refractivity contribution is -0.384. The Morgan fingerprint density at radius 3 is 2.56 bits per heavy atom. The van der Waals surface area contributed by atoms with Crippen LogP contribution < -0.4 is 10.9 Å². The molecule has 0 unspecified atom stereocenters. The van der Waals surface area contributed by atoms with Crippen LogP contribution in [0, 0.1) is 17.0 Å². The molecule has 132 valence electrons. The maximum Gasteiger partial charge on any atom is 0.417 e. The summed E-state index contributed by atoms with van der Waals surface area (Å²) < 4.78 is 38.6. The van der Waals surface area contributed by atoms with E-state index in [4.69, 9.17) is 0 Å². The highest BCUT2D eigenvalue weighted by Gasteiger charge is 2.31. The third-order valence-electron chi connectivity index (χ3n) is 3.33. The molecule has 0 saturated carbocycles. The molecule has 1 amide bonds. The summed E-state index contributed by atoms with van der Waals surface area (Å²) in [5.74, 6) is -0.787. The molecule has 0 radical (unpaired) electrons. The molecule has 1 N–H and O–H groups in total. The molecule has 2 aromatic rings. The van der Waals surface area contributed by atoms with Gasteiger partial charge in [-0.1, -0.05) is 6.07 Å². The molecule has 0 spiro atoms. The quantitative estimate of drug-likeness (QED) is 0.674. The minimum Gasteiger partial charge on any atom is -0.324 e. The second-order valence-corrected chi connectivity index (χ2v) is 5.19. The molecule has 0 saturated heterocycles. The lowest BCUT2D eigenvalue weighted by atomic mass is 10.2. The molecule has 0 aliphatic carbocycles. The van der Waals surface area contributed by atoms with E-state index in [2.05, 4.69) is 5.32 Å². The fourth-order valence-corrected chi connectivity index (χ4v) is 2.03. The molecular weight excluding hydrogens is 343 g/mol. The summed E-state index contributed by atoms with van der Waals surface area (Å²) in [6, 6.07) is 5.14. The summed E-state index contributed by atoms with van der Waals surface area (Å²) in [6.07, 6.45) is -4.11. The maximum atomic E-state index is 12.7. The van der Waals surface area contributed by atoms with Crippen molar-refractivity contribution in [2.45, 2.75) is 19.6 Å². The Hall–Kier alpha value is -3.17. The Bertz CT molecular complexity index is 890. The van der Waals surface area contributed by atoms with Crippen LogP contribution in [0.1, 0.15) is 11.1 Å². The zero-order valence-corrected chi connectivity index (χ0v) is 12.8.